The normalized spacial score (nSPS) is 10.3. The summed E-state index contributed by atoms with van der Waals surface area (Å²) in [6.07, 6.45) is 7.40. The van der Waals surface area contributed by atoms with E-state index in [4.69, 9.17) is 0 Å². The average Bonchev–Trinajstić information content (AvgIpc) is 2.48. The minimum absolute atomic E-state index is 0.00402. The number of carbonyl (C=O) groups is 1. The van der Waals surface area contributed by atoms with Gasteiger partial charge in [0.1, 0.15) is 5.69 Å². The fourth-order valence-corrected chi connectivity index (χ4v) is 1.96. The molecule has 1 rings (SSSR count). The first-order valence-corrected chi connectivity index (χ1v) is 7.64. The summed E-state index contributed by atoms with van der Waals surface area (Å²) in [7, 11) is 1.83. The lowest BCUT2D eigenvalue weighted by atomic mass is 10.2. The third kappa shape index (κ3) is 5.59. The minimum atomic E-state index is -0.00402. The highest BCUT2D eigenvalue weighted by Gasteiger charge is 2.12. The largest absolute Gasteiger partial charge is 0.385 e. The molecule has 1 N–H and O–H groups in total. The van der Waals surface area contributed by atoms with E-state index in [2.05, 4.69) is 24.1 Å². The second-order valence-corrected chi connectivity index (χ2v) is 5.14. The van der Waals surface area contributed by atoms with Crippen LogP contribution in [0.5, 0.6) is 0 Å². The van der Waals surface area contributed by atoms with Crippen molar-refractivity contribution in [2.45, 2.75) is 46.0 Å². The molecular weight excluding hydrogens is 250 g/mol. The smallest absolute Gasteiger partial charge is 0.272 e. The fourth-order valence-electron chi connectivity index (χ4n) is 1.96. The van der Waals surface area contributed by atoms with E-state index in [-0.39, 0.29) is 5.91 Å². The molecule has 4 nitrogen and oxygen atoms in total. The molecule has 1 aromatic rings. The number of rotatable bonds is 9. The second kappa shape index (κ2) is 9.34. The molecule has 1 aromatic heterocycles. The van der Waals surface area contributed by atoms with Crippen LogP contribution in [0.25, 0.3) is 0 Å². The lowest BCUT2D eigenvalue weighted by Gasteiger charge is -2.16. The van der Waals surface area contributed by atoms with Gasteiger partial charge >= 0.3 is 0 Å². The molecule has 0 aliphatic carbocycles. The number of hydrogen-bond donors (Lipinski definition) is 1. The predicted octanol–water partition coefficient (Wildman–Crippen LogP) is 3.56. The van der Waals surface area contributed by atoms with Gasteiger partial charge in [0.05, 0.1) is 0 Å². The van der Waals surface area contributed by atoms with Gasteiger partial charge in [0.25, 0.3) is 5.91 Å². The van der Waals surface area contributed by atoms with Crippen molar-refractivity contribution in [2.75, 3.05) is 25.5 Å². The van der Waals surface area contributed by atoms with Gasteiger partial charge in [-0.15, -0.1) is 0 Å². The van der Waals surface area contributed by atoms with Crippen LogP contribution in [0.3, 0.4) is 0 Å². The van der Waals surface area contributed by atoms with E-state index in [0.29, 0.717) is 5.69 Å². The average molecular weight is 277 g/mol. The summed E-state index contributed by atoms with van der Waals surface area (Å²) in [5.74, 6) is -0.00402. The van der Waals surface area contributed by atoms with Crippen molar-refractivity contribution < 1.29 is 4.79 Å². The van der Waals surface area contributed by atoms with Gasteiger partial charge in [-0.1, -0.05) is 33.1 Å². The summed E-state index contributed by atoms with van der Waals surface area (Å²) in [6, 6.07) is 3.76. The number of pyridine rings is 1. The standard InChI is InChI=1S/C16H27N3O/c1-4-6-8-10-17-14-9-11-18-15(13-14)16(20)19(3)12-7-5-2/h9,11,13H,4-8,10,12H2,1-3H3,(H,17,18). The number of amides is 1. The molecule has 1 heterocycles. The molecule has 0 aromatic carbocycles. The van der Waals surface area contributed by atoms with E-state index in [9.17, 15) is 4.79 Å². The number of aromatic nitrogens is 1. The first-order valence-electron chi connectivity index (χ1n) is 7.64. The van der Waals surface area contributed by atoms with Gasteiger partial charge in [0, 0.05) is 32.0 Å². The Bertz CT molecular complexity index is 406. The molecule has 0 saturated heterocycles. The summed E-state index contributed by atoms with van der Waals surface area (Å²) in [5.41, 5.74) is 1.49. The Balaban J connectivity index is 2.55. The number of unbranched alkanes of at least 4 members (excludes halogenated alkanes) is 3. The van der Waals surface area contributed by atoms with Gasteiger partial charge < -0.3 is 10.2 Å². The third-order valence-corrected chi connectivity index (χ3v) is 3.28. The summed E-state index contributed by atoms with van der Waals surface area (Å²) in [5, 5.41) is 3.35. The predicted molar refractivity (Wildman–Crippen MR) is 84.1 cm³/mol. The van der Waals surface area contributed by atoms with Crippen molar-refractivity contribution >= 4 is 11.6 Å². The van der Waals surface area contributed by atoms with Crippen molar-refractivity contribution in [3.63, 3.8) is 0 Å². The van der Waals surface area contributed by atoms with Crippen LogP contribution in [-0.2, 0) is 0 Å². The molecule has 0 spiro atoms. The zero-order chi connectivity index (χ0) is 14.8. The van der Waals surface area contributed by atoms with E-state index in [1.165, 1.54) is 12.8 Å². The van der Waals surface area contributed by atoms with E-state index in [1.807, 2.05) is 19.2 Å². The van der Waals surface area contributed by atoms with Crippen LogP contribution in [-0.4, -0.2) is 35.9 Å². The highest BCUT2D eigenvalue weighted by atomic mass is 16.2. The Morgan fingerprint density at radius 3 is 2.70 bits per heavy atom. The van der Waals surface area contributed by atoms with E-state index >= 15 is 0 Å². The van der Waals surface area contributed by atoms with Crippen molar-refractivity contribution in [2.24, 2.45) is 0 Å². The van der Waals surface area contributed by atoms with E-state index < -0.39 is 0 Å². The van der Waals surface area contributed by atoms with Crippen LogP contribution in [0.2, 0.25) is 0 Å². The van der Waals surface area contributed by atoms with Gasteiger partial charge in [-0.25, -0.2) is 0 Å². The molecule has 20 heavy (non-hydrogen) atoms. The number of nitrogens with zero attached hydrogens (tertiary/aromatic N) is 2. The highest BCUT2D eigenvalue weighted by Crippen LogP contribution is 2.10. The molecule has 112 valence electrons. The zero-order valence-electron chi connectivity index (χ0n) is 13.0. The maximum atomic E-state index is 12.2. The van der Waals surface area contributed by atoms with Gasteiger partial charge in [-0.05, 0) is 25.0 Å². The Hall–Kier alpha value is -1.58. The number of anilines is 1. The Morgan fingerprint density at radius 2 is 2.00 bits per heavy atom. The van der Waals surface area contributed by atoms with Crippen LogP contribution < -0.4 is 5.32 Å². The molecule has 0 saturated carbocycles. The lowest BCUT2D eigenvalue weighted by molar-refractivity contribution is 0.0787. The molecule has 0 fully saturated rings. The van der Waals surface area contributed by atoms with Crippen molar-refractivity contribution in [3.05, 3.63) is 24.0 Å². The summed E-state index contributed by atoms with van der Waals surface area (Å²) in [6.45, 7) is 6.04. The van der Waals surface area contributed by atoms with E-state index in [1.54, 1.807) is 11.1 Å². The van der Waals surface area contributed by atoms with Crippen molar-refractivity contribution in [3.8, 4) is 0 Å². The van der Waals surface area contributed by atoms with Crippen LogP contribution >= 0.6 is 0 Å². The van der Waals surface area contributed by atoms with Gasteiger partial charge in [-0.3, -0.25) is 9.78 Å². The molecule has 0 unspecified atom stereocenters. The maximum Gasteiger partial charge on any atom is 0.272 e. The van der Waals surface area contributed by atoms with Gasteiger partial charge in [0.15, 0.2) is 0 Å². The SMILES string of the molecule is CCCCCNc1ccnc(C(=O)N(C)CCCC)c1. The topological polar surface area (TPSA) is 45.2 Å². The van der Waals surface area contributed by atoms with Crippen molar-refractivity contribution in [1.82, 2.24) is 9.88 Å². The number of nitrogens with one attached hydrogen (secondary N) is 1. The molecule has 1 amide bonds. The number of carbonyl (C=O) groups excluding carboxylic acids is 1. The summed E-state index contributed by atoms with van der Waals surface area (Å²) < 4.78 is 0. The zero-order valence-corrected chi connectivity index (χ0v) is 13.0. The van der Waals surface area contributed by atoms with Gasteiger partial charge in [0.2, 0.25) is 0 Å². The molecule has 0 aliphatic heterocycles. The molecule has 4 heteroatoms. The summed E-state index contributed by atoms with van der Waals surface area (Å²) in [4.78, 5) is 18.1. The molecule has 0 aliphatic rings. The monoisotopic (exact) mass is 277 g/mol. The van der Waals surface area contributed by atoms with Crippen molar-refractivity contribution in [1.29, 1.82) is 0 Å². The second-order valence-electron chi connectivity index (χ2n) is 5.14. The fraction of sp³-hybridized carbons (Fsp3) is 0.625. The van der Waals surface area contributed by atoms with Crippen LogP contribution in [0.1, 0.15) is 56.4 Å². The van der Waals surface area contributed by atoms with Crippen LogP contribution in [0, 0.1) is 0 Å². The first-order chi connectivity index (χ1) is 9.69. The highest BCUT2D eigenvalue weighted by molar-refractivity contribution is 5.92. The van der Waals surface area contributed by atoms with E-state index in [0.717, 1.165) is 38.0 Å². The molecule has 0 atom stereocenters. The number of hydrogen-bond acceptors (Lipinski definition) is 3. The quantitative estimate of drug-likeness (QED) is 0.702. The Labute approximate surface area is 122 Å². The van der Waals surface area contributed by atoms with Crippen LogP contribution in [0.15, 0.2) is 18.3 Å². The van der Waals surface area contributed by atoms with Gasteiger partial charge in [-0.2, -0.15) is 0 Å². The molecule has 0 radical (unpaired) electrons. The third-order valence-electron chi connectivity index (χ3n) is 3.28. The minimum Gasteiger partial charge on any atom is -0.385 e. The molecular formula is C16H27N3O. The maximum absolute atomic E-state index is 12.2. The lowest BCUT2D eigenvalue weighted by Crippen LogP contribution is -2.28. The first kappa shape index (κ1) is 16.5. The molecule has 0 bridgehead atoms. The van der Waals surface area contributed by atoms with Crippen LogP contribution in [0.4, 0.5) is 5.69 Å². The Morgan fingerprint density at radius 1 is 1.25 bits per heavy atom. The summed E-state index contributed by atoms with van der Waals surface area (Å²) >= 11 is 0. The Kier molecular flexibility index (Phi) is 7.70.